The molecule has 1 saturated heterocycles. The molecule has 0 spiro atoms. The number of piperazine rings is 1. The van der Waals surface area contributed by atoms with E-state index in [2.05, 4.69) is 10.2 Å². The number of aliphatic hydroxyl groups is 1. The highest BCUT2D eigenvalue weighted by molar-refractivity contribution is 5.76. The number of nitrogens with one attached hydrogen (secondary N) is 1. The molecule has 0 saturated carbocycles. The molecule has 0 aromatic rings. The lowest BCUT2D eigenvalue weighted by molar-refractivity contribution is -0.137. The van der Waals surface area contributed by atoms with Gasteiger partial charge in [0, 0.05) is 38.8 Å². The zero-order valence-electron chi connectivity index (χ0n) is 12.2. The molecule has 20 heavy (non-hydrogen) atoms. The van der Waals surface area contributed by atoms with Crippen LogP contribution in [0.2, 0.25) is 0 Å². The topological polar surface area (TPSA) is 93.1 Å². The highest BCUT2D eigenvalue weighted by Crippen LogP contribution is 2.08. The van der Waals surface area contributed by atoms with Crippen LogP contribution in [-0.4, -0.2) is 77.4 Å². The number of aliphatic hydroxyl groups excluding tert-OH is 1. The third-order valence-corrected chi connectivity index (χ3v) is 3.58. The number of hydrogen-bond donors (Lipinski definition) is 3. The van der Waals surface area contributed by atoms with Crippen molar-refractivity contribution in [2.75, 3.05) is 39.3 Å². The summed E-state index contributed by atoms with van der Waals surface area (Å²) in [5, 5.41) is 20.5. The largest absolute Gasteiger partial charge is 0.481 e. The number of β-amino-alcohol motifs (C(OH)–C–C–N with tert-alkyl or cyclic N) is 1. The van der Waals surface area contributed by atoms with Gasteiger partial charge in [-0.05, 0) is 5.92 Å². The Labute approximate surface area is 119 Å². The molecule has 2 amide bonds. The lowest BCUT2D eigenvalue weighted by atomic mass is 10.0. The third kappa shape index (κ3) is 5.34. The molecule has 0 bridgehead atoms. The van der Waals surface area contributed by atoms with Gasteiger partial charge < -0.3 is 20.4 Å². The van der Waals surface area contributed by atoms with Crippen LogP contribution in [0.3, 0.4) is 0 Å². The zero-order chi connectivity index (χ0) is 15.1. The molecule has 1 rings (SSSR count). The van der Waals surface area contributed by atoms with Crippen molar-refractivity contribution < 1.29 is 19.8 Å². The zero-order valence-corrected chi connectivity index (χ0v) is 12.2. The van der Waals surface area contributed by atoms with Crippen LogP contribution < -0.4 is 5.32 Å². The molecule has 1 aliphatic heterocycles. The number of rotatable bonds is 6. The molecule has 0 aliphatic carbocycles. The number of aliphatic carboxylic acids is 1. The van der Waals surface area contributed by atoms with Gasteiger partial charge in [0.05, 0.1) is 13.0 Å². The van der Waals surface area contributed by atoms with Gasteiger partial charge in [0.2, 0.25) is 0 Å². The van der Waals surface area contributed by atoms with Crippen molar-refractivity contribution >= 4 is 12.0 Å². The van der Waals surface area contributed by atoms with Crippen LogP contribution in [0, 0.1) is 5.92 Å². The smallest absolute Gasteiger partial charge is 0.317 e. The van der Waals surface area contributed by atoms with Crippen molar-refractivity contribution in [3.8, 4) is 0 Å². The molecule has 1 atom stereocenters. The van der Waals surface area contributed by atoms with Crippen LogP contribution in [0.1, 0.15) is 20.3 Å². The van der Waals surface area contributed by atoms with E-state index in [1.165, 1.54) is 0 Å². The Bertz CT molecular complexity index is 328. The van der Waals surface area contributed by atoms with Crippen molar-refractivity contribution in [3.05, 3.63) is 0 Å². The average molecular weight is 287 g/mol. The van der Waals surface area contributed by atoms with Gasteiger partial charge in [0.15, 0.2) is 0 Å². The molecule has 1 heterocycles. The quantitative estimate of drug-likeness (QED) is 0.629. The minimum Gasteiger partial charge on any atom is -0.481 e. The van der Waals surface area contributed by atoms with Gasteiger partial charge in [0.25, 0.3) is 0 Å². The number of carbonyl (C=O) groups excluding carboxylic acids is 1. The minimum atomic E-state index is -0.906. The standard InChI is InChI=1S/C13H25N3O4/c1-10(2)11(9-12(18)19)14-13(20)16-5-3-15(4-6-16)7-8-17/h10-11,17H,3-9H2,1-2H3,(H,14,20)(H,18,19). The molecule has 0 aromatic carbocycles. The third-order valence-electron chi connectivity index (χ3n) is 3.58. The summed E-state index contributed by atoms with van der Waals surface area (Å²) in [4.78, 5) is 26.7. The fourth-order valence-electron chi connectivity index (χ4n) is 2.21. The van der Waals surface area contributed by atoms with E-state index in [1.807, 2.05) is 13.8 Å². The average Bonchev–Trinajstić information content (AvgIpc) is 2.38. The van der Waals surface area contributed by atoms with Gasteiger partial charge in [0.1, 0.15) is 0 Å². The Hall–Kier alpha value is -1.34. The van der Waals surface area contributed by atoms with E-state index < -0.39 is 5.97 Å². The number of urea groups is 1. The number of nitrogens with zero attached hydrogens (tertiary/aromatic N) is 2. The molecule has 7 nitrogen and oxygen atoms in total. The fourth-order valence-corrected chi connectivity index (χ4v) is 2.21. The predicted molar refractivity (Wildman–Crippen MR) is 74.5 cm³/mol. The van der Waals surface area contributed by atoms with E-state index in [0.717, 1.165) is 13.1 Å². The van der Waals surface area contributed by atoms with Gasteiger partial charge in [-0.1, -0.05) is 13.8 Å². The van der Waals surface area contributed by atoms with E-state index in [0.29, 0.717) is 19.6 Å². The van der Waals surface area contributed by atoms with Crippen LogP contribution >= 0.6 is 0 Å². The normalized spacial score (nSPS) is 18.1. The fraction of sp³-hybridized carbons (Fsp3) is 0.846. The first-order valence-corrected chi connectivity index (χ1v) is 7.04. The highest BCUT2D eigenvalue weighted by Gasteiger charge is 2.25. The monoisotopic (exact) mass is 287 g/mol. The van der Waals surface area contributed by atoms with Gasteiger partial charge in [-0.25, -0.2) is 4.79 Å². The van der Waals surface area contributed by atoms with Crippen molar-refractivity contribution in [2.45, 2.75) is 26.3 Å². The lowest BCUT2D eigenvalue weighted by Gasteiger charge is -2.35. The van der Waals surface area contributed by atoms with Gasteiger partial charge in [-0.15, -0.1) is 0 Å². The second-order valence-corrected chi connectivity index (χ2v) is 5.45. The summed E-state index contributed by atoms with van der Waals surface area (Å²) in [6.45, 7) is 7.22. The maximum Gasteiger partial charge on any atom is 0.317 e. The lowest BCUT2D eigenvalue weighted by Crippen LogP contribution is -2.54. The maximum absolute atomic E-state index is 12.1. The van der Waals surface area contributed by atoms with Crippen molar-refractivity contribution in [2.24, 2.45) is 5.92 Å². The number of carboxylic acid groups (broad SMARTS) is 1. The molecular formula is C13H25N3O4. The summed E-state index contributed by atoms with van der Waals surface area (Å²) in [6.07, 6.45) is -0.0616. The Morgan fingerprint density at radius 2 is 1.80 bits per heavy atom. The summed E-state index contributed by atoms with van der Waals surface area (Å²) in [7, 11) is 0. The van der Waals surface area contributed by atoms with Crippen LogP contribution in [0.4, 0.5) is 4.79 Å². The number of amides is 2. The summed E-state index contributed by atoms with van der Waals surface area (Å²) < 4.78 is 0. The van der Waals surface area contributed by atoms with E-state index >= 15 is 0 Å². The summed E-state index contributed by atoms with van der Waals surface area (Å²) in [5.41, 5.74) is 0. The molecule has 1 fully saturated rings. The summed E-state index contributed by atoms with van der Waals surface area (Å²) in [5.74, 6) is -0.831. The summed E-state index contributed by atoms with van der Waals surface area (Å²) in [6, 6.07) is -0.552. The Balaban J connectivity index is 2.43. The second kappa shape index (κ2) is 8.06. The molecule has 0 aromatic heterocycles. The molecular weight excluding hydrogens is 262 g/mol. The first-order chi connectivity index (χ1) is 9.43. The van der Waals surface area contributed by atoms with Gasteiger partial charge >= 0.3 is 12.0 Å². The molecule has 116 valence electrons. The van der Waals surface area contributed by atoms with Crippen molar-refractivity contribution in [3.63, 3.8) is 0 Å². The van der Waals surface area contributed by atoms with Crippen LogP contribution in [0.5, 0.6) is 0 Å². The van der Waals surface area contributed by atoms with E-state index in [4.69, 9.17) is 10.2 Å². The van der Waals surface area contributed by atoms with Crippen LogP contribution in [0.25, 0.3) is 0 Å². The summed E-state index contributed by atoms with van der Waals surface area (Å²) >= 11 is 0. The highest BCUT2D eigenvalue weighted by atomic mass is 16.4. The van der Waals surface area contributed by atoms with Crippen LogP contribution in [0.15, 0.2) is 0 Å². The SMILES string of the molecule is CC(C)C(CC(=O)O)NC(=O)N1CCN(CCO)CC1. The Morgan fingerprint density at radius 3 is 2.25 bits per heavy atom. The first kappa shape index (κ1) is 16.7. The molecule has 3 N–H and O–H groups in total. The number of carboxylic acids is 1. The van der Waals surface area contributed by atoms with E-state index in [1.54, 1.807) is 4.90 Å². The second-order valence-electron chi connectivity index (χ2n) is 5.45. The van der Waals surface area contributed by atoms with E-state index in [9.17, 15) is 9.59 Å². The number of carbonyl (C=O) groups is 2. The Kier molecular flexibility index (Phi) is 6.74. The van der Waals surface area contributed by atoms with Gasteiger partial charge in [-0.2, -0.15) is 0 Å². The molecule has 0 radical (unpaired) electrons. The van der Waals surface area contributed by atoms with Crippen LogP contribution in [-0.2, 0) is 4.79 Å². The van der Waals surface area contributed by atoms with Gasteiger partial charge in [-0.3, -0.25) is 9.69 Å². The van der Waals surface area contributed by atoms with Crippen molar-refractivity contribution in [1.29, 1.82) is 0 Å². The molecule has 1 unspecified atom stereocenters. The maximum atomic E-state index is 12.1. The first-order valence-electron chi connectivity index (χ1n) is 7.04. The van der Waals surface area contributed by atoms with E-state index in [-0.39, 0.29) is 31.0 Å². The van der Waals surface area contributed by atoms with Crippen molar-refractivity contribution in [1.82, 2.24) is 15.1 Å². The molecule has 1 aliphatic rings. The molecule has 7 heteroatoms. The predicted octanol–water partition coefficient (Wildman–Crippen LogP) is -0.195. The minimum absolute atomic E-state index is 0.0616. The Morgan fingerprint density at radius 1 is 1.20 bits per heavy atom. The number of hydrogen-bond acceptors (Lipinski definition) is 4.